The summed E-state index contributed by atoms with van der Waals surface area (Å²) in [5.41, 5.74) is -0.333. The number of piperidine rings is 1. The molecule has 3 aromatic heterocycles. The second kappa shape index (κ2) is 6.79. The lowest BCUT2D eigenvalue weighted by Crippen LogP contribution is -2.61. The second-order valence-electron chi connectivity index (χ2n) is 8.01. The van der Waals surface area contributed by atoms with Crippen molar-refractivity contribution in [2.45, 2.75) is 19.0 Å². The monoisotopic (exact) mass is 433 g/mol. The topological polar surface area (TPSA) is 99.8 Å². The fourth-order valence-corrected chi connectivity index (χ4v) is 4.26. The first kappa shape index (κ1) is 19.5. The summed E-state index contributed by atoms with van der Waals surface area (Å²) in [7, 11) is 0. The van der Waals surface area contributed by atoms with Crippen LogP contribution in [-0.4, -0.2) is 66.6 Å². The van der Waals surface area contributed by atoms with E-state index in [2.05, 4.69) is 24.8 Å². The number of hydrogen-bond acceptors (Lipinski definition) is 6. The molecule has 12 heteroatoms. The Morgan fingerprint density at radius 2 is 1.84 bits per heavy atom. The number of carbonyl (C=O) groups is 1. The van der Waals surface area contributed by atoms with E-state index in [1.807, 2.05) is 0 Å². The van der Waals surface area contributed by atoms with E-state index in [-0.39, 0.29) is 16.9 Å². The quantitative estimate of drug-likeness (QED) is 0.663. The largest absolute Gasteiger partial charge is 0.465 e. The van der Waals surface area contributed by atoms with Gasteiger partial charge >= 0.3 is 12.3 Å². The summed E-state index contributed by atoms with van der Waals surface area (Å²) in [6, 6.07) is 1.76. The molecule has 1 amide bonds. The molecule has 1 N–H and O–H groups in total. The lowest BCUT2D eigenvalue weighted by molar-refractivity contribution is -0.141. The molecule has 0 saturated carbocycles. The molecule has 0 aromatic carbocycles. The summed E-state index contributed by atoms with van der Waals surface area (Å²) in [6.07, 6.45) is 1.10. The Morgan fingerprint density at radius 1 is 1.10 bits per heavy atom. The zero-order valence-corrected chi connectivity index (χ0v) is 16.2. The summed E-state index contributed by atoms with van der Waals surface area (Å²) in [5.74, 6) is 0.947. The van der Waals surface area contributed by atoms with E-state index < -0.39 is 18.0 Å². The zero-order valence-electron chi connectivity index (χ0n) is 16.2. The number of anilines is 1. The van der Waals surface area contributed by atoms with Crippen LogP contribution in [0, 0.1) is 5.41 Å². The highest BCUT2D eigenvalue weighted by atomic mass is 19.4. The molecule has 0 aliphatic carbocycles. The van der Waals surface area contributed by atoms with E-state index in [4.69, 9.17) is 5.11 Å². The Bertz CT molecular complexity index is 1150. The van der Waals surface area contributed by atoms with Crippen LogP contribution in [0.3, 0.4) is 0 Å². The van der Waals surface area contributed by atoms with Gasteiger partial charge in [-0.25, -0.2) is 24.7 Å². The first-order valence-corrected chi connectivity index (χ1v) is 9.71. The van der Waals surface area contributed by atoms with Gasteiger partial charge in [0.2, 0.25) is 0 Å². The number of amides is 1. The Morgan fingerprint density at radius 3 is 2.52 bits per heavy atom. The first-order chi connectivity index (χ1) is 14.7. The van der Waals surface area contributed by atoms with Gasteiger partial charge in [0.05, 0.1) is 12.4 Å². The van der Waals surface area contributed by atoms with Crippen molar-refractivity contribution in [3.63, 3.8) is 0 Å². The summed E-state index contributed by atoms with van der Waals surface area (Å²) >= 11 is 0. The highest BCUT2D eigenvalue weighted by molar-refractivity contribution is 5.65. The Labute approximate surface area is 174 Å². The summed E-state index contributed by atoms with van der Waals surface area (Å²) in [4.78, 5) is 30.9. The van der Waals surface area contributed by atoms with E-state index in [1.165, 1.54) is 15.5 Å². The van der Waals surface area contributed by atoms with Crippen molar-refractivity contribution in [3.05, 3.63) is 36.5 Å². The van der Waals surface area contributed by atoms with Gasteiger partial charge in [-0.2, -0.15) is 13.2 Å². The molecule has 31 heavy (non-hydrogen) atoms. The van der Waals surface area contributed by atoms with Crippen LogP contribution < -0.4 is 4.90 Å². The van der Waals surface area contributed by atoms with E-state index >= 15 is 0 Å². The lowest BCUT2D eigenvalue weighted by atomic mass is 9.72. The molecule has 2 saturated heterocycles. The van der Waals surface area contributed by atoms with Crippen molar-refractivity contribution in [2.24, 2.45) is 5.41 Å². The molecule has 0 bridgehead atoms. The van der Waals surface area contributed by atoms with Gasteiger partial charge in [0.15, 0.2) is 17.2 Å². The van der Waals surface area contributed by atoms with E-state index in [1.54, 1.807) is 12.3 Å². The number of rotatable bonds is 2. The van der Waals surface area contributed by atoms with Crippen LogP contribution in [0.2, 0.25) is 0 Å². The summed E-state index contributed by atoms with van der Waals surface area (Å²) in [5, 5.41) is 9.11. The van der Waals surface area contributed by atoms with E-state index in [0.717, 1.165) is 38.3 Å². The van der Waals surface area contributed by atoms with Gasteiger partial charge < -0.3 is 14.9 Å². The van der Waals surface area contributed by atoms with Crippen molar-refractivity contribution in [3.8, 4) is 11.5 Å². The Balaban J connectivity index is 1.37. The fraction of sp³-hybridized carbons (Fsp3) is 0.421. The molecule has 162 valence electrons. The predicted molar refractivity (Wildman–Crippen MR) is 102 cm³/mol. The molecule has 0 unspecified atom stereocenters. The normalized spacial score (nSPS) is 18.4. The number of aromatic nitrogens is 5. The molecule has 2 fully saturated rings. The van der Waals surface area contributed by atoms with Crippen molar-refractivity contribution in [1.29, 1.82) is 0 Å². The SMILES string of the molecule is O=C(O)N1CCC2(CC1)CN(c1ccnc(-c3cnc4cnc(C(F)(F)F)cn34)n1)C2. The van der Waals surface area contributed by atoms with Gasteiger partial charge in [-0.15, -0.1) is 0 Å². The number of alkyl halides is 3. The predicted octanol–water partition coefficient (Wildman–Crippen LogP) is 2.79. The lowest BCUT2D eigenvalue weighted by Gasteiger charge is -2.54. The van der Waals surface area contributed by atoms with Crippen molar-refractivity contribution >= 4 is 17.6 Å². The van der Waals surface area contributed by atoms with Gasteiger partial charge in [0.25, 0.3) is 0 Å². The maximum atomic E-state index is 13.1. The number of imidazole rings is 1. The molecule has 0 radical (unpaired) electrons. The third kappa shape index (κ3) is 3.41. The highest BCUT2D eigenvalue weighted by Crippen LogP contribution is 2.42. The summed E-state index contributed by atoms with van der Waals surface area (Å²) in [6.45, 7) is 2.56. The Kier molecular flexibility index (Phi) is 4.27. The van der Waals surface area contributed by atoms with Crippen molar-refractivity contribution < 1.29 is 23.1 Å². The number of likely N-dealkylation sites (tertiary alicyclic amines) is 1. The molecular formula is C19H18F3N7O2. The molecule has 2 aliphatic heterocycles. The van der Waals surface area contributed by atoms with Crippen molar-refractivity contribution in [2.75, 3.05) is 31.1 Å². The molecule has 1 spiro atoms. The molecule has 3 aromatic rings. The highest BCUT2D eigenvalue weighted by Gasteiger charge is 2.46. The van der Waals surface area contributed by atoms with Crippen LogP contribution in [0.1, 0.15) is 18.5 Å². The van der Waals surface area contributed by atoms with Gasteiger partial charge in [0.1, 0.15) is 11.5 Å². The number of hydrogen-bond donors (Lipinski definition) is 1. The van der Waals surface area contributed by atoms with Crippen LogP contribution >= 0.6 is 0 Å². The van der Waals surface area contributed by atoms with Gasteiger partial charge in [-0.05, 0) is 18.9 Å². The fourth-order valence-electron chi connectivity index (χ4n) is 4.26. The number of fused-ring (bicyclic) bond motifs is 1. The molecule has 2 aliphatic rings. The van der Waals surface area contributed by atoms with Crippen LogP contribution in [0.25, 0.3) is 17.2 Å². The maximum Gasteiger partial charge on any atom is 0.434 e. The first-order valence-electron chi connectivity index (χ1n) is 9.71. The van der Waals surface area contributed by atoms with Gasteiger partial charge in [-0.1, -0.05) is 0 Å². The van der Waals surface area contributed by atoms with Gasteiger partial charge in [0, 0.05) is 44.0 Å². The molecule has 0 atom stereocenters. The summed E-state index contributed by atoms with van der Waals surface area (Å²) < 4.78 is 40.4. The van der Waals surface area contributed by atoms with Gasteiger partial charge in [-0.3, -0.25) is 4.40 Å². The van der Waals surface area contributed by atoms with E-state index in [0.29, 0.717) is 24.6 Å². The minimum absolute atomic E-state index is 0.0770. The minimum atomic E-state index is -4.57. The zero-order chi connectivity index (χ0) is 21.8. The number of halogens is 3. The standard InChI is InChI=1S/C19H18F3N7O2/c20-19(21,22)13-9-29-12(7-25-15(29)8-24-13)16-23-4-1-14(26-16)28-10-18(11-28)2-5-27(6-3-18)17(30)31/h1,4,7-9H,2-3,5-6,10-11H2,(H,30,31). The van der Waals surface area contributed by atoms with Crippen LogP contribution in [-0.2, 0) is 6.18 Å². The Hall–Kier alpha value is -3.44. The van der Waals surface area contributed by atoms with Crippen LogP contribution in [0.4, 0.5) is 23.8 Å². The smallest absolute Gasteiger partial charge is 0.434 e. The number of carboxylic acid groups (broad SMARTS) is 1. The van der Waals surface area contributed by atoms with Crippen molar-refractivity contribution in [1.82, 2.24) is 29.2 Å². The number of nitrogens with zero attached hydrogens (tertiary/aromatic N) is 7. The molecular weight excluding hydrogens is 415 g/mol. The third-order valence-electron chi connectivity index (χ3n) is 6.03. The third-order valence-corrected chi connectivity index (χ3v) is 6.03. The van der Waals surface area contributed by atoms with E-state index in [9.17, 15) is 18.0 Å². The maximum absolute atomic E-state index is 13.1. The minimum Gasteiger partial charge on any atom is -0.465 e. The van der Waals surface area contributed by atoms with Crippen LogP contribution in [0.15, 0.2) is 30.9 Å². The molecule has 5 heterocycles. The molecule has 5 rings (SSSR count). The van der Waals surface area contributed by atoms with Crippen LogP contribution in [0.5, 0.6) is 0 Å². The average molecular weight is 433 g/mol. The molecule has 9 nitrogen and oxygen atoms in total. The average Bonchev–Trinajstić information content (AvgIpc) is 3.15. The second-order valence-corrected chi connectivity index (χ2v) is 8.01.